The molecule has 1 heterocycles. The third kappa shape index (κ3) is 4.57. The second kappa shape index (κ2) is 8.38. The molecule has 11 N–H and O–H groups in total. The molecular formula is C13H19N9O3S2. The average molecular weight is 413 g/mol. The molecule has 0 radical (unpaired) electrons. The molecule has 2 rings (SSSR count). The Morgan fingerprint density at radius 1 is 1.37 bits per heavy atom. The number of amidine groups is 1. The minimum Gasteiger partial charge on any atom is -0.384 e. The Bertz CT molecular complexity index is 965. The molecule has 0 spiro atoms. The molecule has 0 atom stereocenters. The lowest BCUT2D eigenvalue weighted by Gasteiger charge is -2.24. The highest BCUT2D eigenvalue weighted by atomic mass is 32.2. The largest absolute Gasteiger partial charge is 0.384 e. The number of rotatable bonds is 7. The molecule has 12 nitrogen and oxygen atoms in total. The number of nitrogens with one attached hydrogen (secondary N) is 1. The van der Waals surface area contributed by atoms with E-state index in [0.717, 1.165) is 0 Å². The summed E-state index contributed by atoms with van der Waals surface area (Å²) in [4.78, 5) is 3.72. The van der Waals surface area contributed by atoms with Crippen molar-refractivity contribution in [2.24, 2.45) is 27.7 Å². The SMILES string of the molecule is CN(SON)c1c(S(N)(=O)=O)ccc(-c2ccnc(N)c2)c1/C(N)=N/NN. The molecule has 0 aliphatic carbocycles. The summed E-state index contributed by atoms with van der Waals surface area (Å²) in [6.45, 7) is 0. The van der Waals surface area contributed by atoms with Crippen LogP contribution in [-0.2, 0) is 14.3 Å². The van der Waals surface area contributed by atoms with Gasteiger partial charge >= 0.3 is 0 Å². The lowest BCUT2D eigenvalue weighted by Crippen LogP contribution is -2.27. The van der Waals surface area contributed by atoms with Gasteiger partial charge in [0.25, 0.3) is 0 Å². The van der Waals surface area contributed by atoms with E-state index in [1.165, 1.54) is 29.7 Å². The normalized spacial score (nSPS) is 12.1. The third-order valence-electron chi connectivity index (χ3n) is 3.45. The van der Waals surface area contributed by atoms with Crippen molar-refractivity contribution < 1.29 is 12.7 Å². The standard InChI is InChI=1S/C13H19N9O3S2/c1-22(26-25-17)12-9(27(18,23)24)3-2-8(11(12)13(15)20-21-16)7-4-5-19-10(14)6-7/h2-6,21H,16-17H2,1H3,(H2,14,19)(H2,15,20)(H2,18,23,24). The number of nitrogen functional groups attached to an aromatic ring is 1. The fourth-order valence-electron chi connectivity index (χ4n) is 2.46. The van der Waals surface area contributed by atoms with Crippen molar-refractivity contribution in [2.45, 2.75) is 4.90 Å². The zero-order valence-electron chi connectivity index (χ0n) is 14.2. The molecule has 1 aromatic heterocycles. The fourth-order valence-corrected chi connectivity index (χ4v) is 3.67. The van der Waals surface area contributed by atoms with E-state index in [1.807, 2.05) is 0 Å². The number of primary sulfonamides is 1. The first kappa shape index (κ1) is 20.7. The van der Waals surface area contributed by atoms with E-state index >= 15 is 0 Å². The van der Waals surface area contributed by atoms with E-state index in [1.54, 1.807) is 12.1 Å². The van der Waals surface area contributed by atoms with Gasteiger partial charge in [-0.15, -0.1) is 5.10 Å². The van der Waals surface area contributed by atoms with Gasteiger partial charge in [0.2, 0.25) is 10.0 Å². The molecule has 0 aliphatic rings. The van der Waals surface area contributed by atoms with Crippen LogP contribution < -0.4 is 38.2 Å². The fraction of sp³-hybridized carbons (Fsp3) is 0.0769. The maximum absolute atomic E-state index is 12.1. The summed E-state index contributed by atoms with van der Waals surface area (Å²) in [7, 11) is -2.61. The highest BCUT2D eigenvalue weighted by Gasteiger charge is 2.26. The van der Waals surface area contributed by atoms with Crippen LogP contribution in [0.25, 0.3) is 11.1 Å². The van der Waals surface area contributed by atoms with Crippen LogP contribution in [0, 0.1) is 0 Å². The highest BCUT2D eigenvalue weighted by Crippen LogP contribution is 2.38. The van der Waals surface area contributed by atoms with Gasteiger partial charge in [0.15, 0.2) is 5.84 Å². The molecule has 0 bridgehead atoms. The number of sulfonamides is 1. The first-order valence-corrected chi connectivity index (χ1v) is 9.43. The van der Waals surface area contributed by atoms with Crippen LogP contribution in [0.15, 0.2) is 40.5 Å². The number of hydrogen-bond acceptors (Lipinski definition) is 11. The highest BCUT2D eigenvalue weighted by molar-refractivity contribution is 7.96. The number of benzene rings is 1. The van der Waals surface area contributed by atoms with E-state index in [-0.39, 0.29) is 27.8 Å². The van der Waals surface area contributed by atoms with Crippen molar-refractivity contribution in [3.8, 4) is 11.1 Å². The molecule has 0 unspecified atom stereocenters. The first-order valence-electron chi connectivity index (χ1n) is 7.18. The maximum atomic E-state index is 12.1. The summed E-state index contributed by atoms with van der Waals surface area (Å²) in [5, 5.41) is 9.12. The Labute approximate surface area is 160 Å². The zero-order chi connectivity index (χ0) is 20.2. The topological polar surface area (TPSA) is 214 Å². The molecule has 2 aromatic rings. The van der Waals surface area contributed by atoms with Crippen LogP contribution in [0.5, 0.6) is 0 Å². The Morgan fingerprint density at radius 2 is 2.07 bits per heavy atom. The van der Waals surface area contributed by atoms with Gasteiger partial charge in [-0.3, -0.25) is 4.31 Å². The number of aromatic nitrogens is 1. The summed E-state index contributed by atoms with van der Waals surface area (Å²) in [6, 6.07) is 6.12. The smallest absolute Gasteiger partial charge is 0.240 e. The second-order valence-corrected chi connectivity index (χ2v) is 7.56. The Morgan fingerprint density at radius 3 is 2.63 bits per heavy atom. The van der Waals surface area contributed by atoms with E-state index < -0.39 is 10.0 Å². The second-order valence-electron chi connectivity index (χ2n) is 5.14. The Hall–Kier alpha value is -2.62. The van der Waals surface area contributed by atoms with Gasteiger partial charge in [-0.2, -0.15) is 0 Å². The van der Waals surface area contributed by atoms with Crippen LogP contribution in [0.4, 0.5) is 11.5 Å². The molecule has 1 aromatic carbocycles. The van der Waals surface area contributed by atoms with E-state index in [2.05, 4.69) is 19.9 Å². The van der Waals surface area contributed by atoms with E-state index in [0.29, 0.717) is 23.4 Å². The Kier molecular flexibility index (Phi) is 6.42. The van der Waals surface area contributed by atoms with Crippen LogP contribution in [0.1, 0.15) is 5.56 Å². The van der Waals surface area contributed by atoms with E-state index in [4.69, 9.17) is 28.3 Å². The van der Waals surface area contributed by atoms with Crippen LogP contribution >= 0.6 is 12.2 Å². The number of nitrogens with two attached hydrogens (primary N) is 5. The molecule has 0 amide bonds. The predicted octanol–water partition coefficient (Wildman–Crippen LogP) is -1.05. The molecule has 14 heteroatoms. The molecule has 0 fully saturated rings. The monoisotopic (exact) mass is 413 g/mol. The van der Waals surface area contributed by atoms with Crippen LogP contribution in [-0.4, -0.2) is 26.3 Å². The number of anilines is 2. The quantitative estimate of drug-likeness (QED) is 0.0804. The Balaban J connectivity index is 2.94. The predicted molar refractivity (Wildman–Crippen MR) is 105 cm³/mol. The number of hydrogen-bond donors (Lipinski definition) is 6. The van der Waals surface area contributed by atoms with Gasteiger partial charge in [-0.05, 0) is 29.3 Å². The van der Waals surface area contributed by atoms with Gasteiger partial charge < -0.3 is 11.5 Å². The summed E-state index contributed by atoms with van der Waals surface area (Å²) in [6.07, 6.45) is 1.50. The molecule has 0 saturated heterocycles. The van der Waals surface area contributed by atoms with Gasteiger partial charge in [-0.25, -0.2) is 40.1 Å². The molecule has 0 saturated carbocycles. The lowest BCUT2D eigenvalue weighted by molar-refractivity contribution is 0.397. The summed E-state index contributed by atoms with van der Waals surface area (Å²) in [5.41, 5.74) is 15.3. The number of hydrazine groups is 1. The van der Waals surface area contributed by atoms with Crippen molar-refractivity contribution in [3.05, 3.63) is 36.0 Å². The van der Waals surface area contributed by atoms with Gasteiger partial charge in [0, 0.05) is 13.2 Å². The summed E-state index contributed by atoms with van der Waals surface area (Å²) >= 11 is 0.663. The van der Waals surface area contributed by atoms with Crippen LogP contribution in [0.2, 0.25) is 0 Å². The lowest BCUT2D eigenvalue weighted by atomic mass is 9.98. The van der Waals surface area contributed by atoms with Gasteiger partial charge in [0.05, 0.1) is 11.3 Å². The number of pyridine rings is 1. The molecule has 146 valence electrons. The maximum Gasteiger partial charge on any atom is 0.240 e. The average Bonchev–Trinajstić information content (AvgIpc) is 2.60. The van der Waals surface area contributed by atoms with Crippen LogP contribution in [0.3, 0.4) is 0 Å². The van der Waals surface area contributed by atoms with Crippen molar-refractivity contribution in [1.82, 2.24) is 10.5 Å². The minimum atomic E-state index is -4.13. The molecule has 0 aliphatic heterocycles. The third-order valence-corrected chi connectivity index (χ3v) is 4.89. The molecular weight excluding hydrogens is 394 g/mol. The van der Waals surface area contributed by atoms with Gasteiger partial charge in [-0.1, -0.05) is 6.07 Å². The minimum absolute atomic E-state index is 0.0948. The van der Waals surface area contributed by atoms with Gasteiger partial charge in [0.1, 0.15) is 22.9 Å². The summed E-state index contributed by atoms with van der Waals surface area (Å²) < 4.78 is 30.1. The van der Waals surface area contributed by atoms with Crippen molar-refractivity contribution in [3.63, 3.8) is 0 Å². The van der Waals surface area contributed by atoms with Crippen molar-refractivity contribution in [2.75, 3.05) is 17.1 Å². The van der Waals surface area contributed by atoms with E-state index in [9.17, 15) is 8.42 Å². The number of nitrogens with zero attached hydrogens (tertiary/aromatic N) is 3. The van der Waals surface area contributed by atoms with Crippen molar-refractivity contribution in [1.29, 1.82) is 0 Å². The summed E-state index contributed by atoms with van der Waals surface area (Å²) in [5.74, 6) is 10.5. The zero-order valence-corrected chi connectivity index (χ0v) is 15.8. The number of hydrazone groups is 1. The molecule has 27 heavy (non-hydrogen) atoms. The first-order chi connectivity index (χ1) is 12.7. The van der Waals surface area contributed by atoms with Crippen molar-refractivity contribution >= 4 is 39.6 Å².